The van der Waals surface area contributed by atoms with Crippen molar-refractivity contribution >= 4 is 21.8 Å². The van der Waals surface area contributed by atoms with Crippen LogP contribution in [0.3, 0.4) is 0 Å². The fourth-order valence-corrected chi connectivity index (χ4v) is 1.94. The number of hydrogen-bond donors (Lipinski definition) is 2. The molecule has 0 heterocycles. The van der Waals surface area contributed by atoms with Crippen LogP contribution in [0, 0.1) is 5.41 Å². The fourth-order valence-electron chi connectivity index (χ4n) is 1.45. The van der Waals surface area contributed by atoms with Gasteiger partial charge in [0.05, 0.1) is 6.61 Å². The van der Waals surface area contributed by atoms with E-state index in [2.05, 4.69) is 42.1 Å². The minimum Gasteiger partial charge on any atom is -0.377 e. The third-order valence-corrected chi connectivity index (χ3v) is 3.44. The fraction of sp³-hybridized carbons (Fsp3) is 0.500. The molecule has 0 aliphatic heterocycles. The zero-order valence-corrected chi connectivity index (χ0v) is 13.2. The van der Waals surface area contributed by atoms with Gasteiger partial charge in [0, 0.05) is 16.6 Å². The highest BCUT2D eigenvalue weighted by atomic mass is 79.9. The molecule has 0 radical (unpaired) electrons. The Labute approximate surface area is 122 Å². The second-order valence-corrected chi connectivity index (χ2v) is 6.50. The zero-order chi connectivity index (χ0) is 14.5. The van der Waals surface area contributed by atoms with Crippen molar-refractivity contribution in [1.82, 2.24) is 5.43 Å². The normalized spacial score (nSPS) is 11.4. The number of nitrogens with two attached hydrogens (primary N) is 1. The Morgan fingerprint density at radius 3 is 2.63 bits per heavy atom. The van der Waals surface area contributed by atoms with Crippen molar-refractivity contribution in [1.29, 1.82) is 0 Å². The van der Waals surface area contributed by atoms with Crippen LogP contribution >= 0.6 is 15.9 Å². The minimum absolute atomic E-state index is 0.278. The van der Waals surface area contributed by atoms with Crippen molar-refractivity contribution in [2.24, 2.45) is 11.3 Å². The van der Waals surface area contributed by atoms with Gasteiger partial charge in [-0.3, -0.25) is 10.2 Å². The lowest BCUT2D eigenvalue weighted by Gasteiger charge is -2.17. The SMILES string of the molecule is CC(C)(C)CCOCc1ccc(C(=O)NN)cc1Br. The molecule has 0 saturated carbocycles. The summed E-state index contributed by atoms with van der Waals surface area (Å²) >= 11 is 3.44. The number of amides is 1. The van der Waals surface area contributed by atoms with Crippen LogP contribution in [0.1, 0.15) is 43.1 Å². The van der Waals surface area contributed by atoms with Crippen molar-refractivity contribution in [3.8, 4) is 0 Å². The summed E-state index contributed by atoms with van der Waals surface area (Å²) in [5, 5.41) is 0. The Bertz CT molecular complexity index is 442. The van der Waals surface area contributed by atoms with Gasteiger partial charge in [-0.05, 0) is 29.5 Å². The highest BCUT2D eigenvalue weighted by Gasteiger charge is 2.10. The van der Waals surface area contributed by atoms with Gasteiger partial charge in [0.25, 0.3) is 5.91 Å². The lowest BCUT2D eigenvalue weighted by molar-refractivity contribution is 0.0944. The summed E-state index contributed by atoms with van der Waals surface area (Å²) in [6, 6.07) is 5.34. The summed E-state index contributed by atoms with van der Waals surface area (Å²) in [6.07, 6.45) is 1.01. The lowest BCUT2D eigenvalue weighted by Crippen LogP contribution is -2.29. The number of nitrogens with one attached hydrogen (secondary N) is 1. The quantitative estimate of drug-likeness (QED) is 0.378. The summed E-state index contributed by atoms with van der Waals surface area (Å²) in [4.78, 5) is 11.4. The van der Waals surface area contributed by atoms with Crippen LogP contribution in [0.15, 0.2) is 22.7 Å². The van der Waals surface area contributed by atoms with Crippen LogP contribution in [0.25, 0.3) is 0 Å². The zero-order valence-electron chi connectivity index (χ0n) is 11.6. The van der Waals surface area contributed by atoms with E-state index in [0.29, 0.717) is 12.2 Å². The summed E-state index contributed by atoms with van der Waals surface area (Å²) in [6.45, 7) is 7.81. The van der Waals surface area contributed by atoms with Gasteiger partial charge in [-0.15, -0.1) is 0 Å². The number of rotatable bonds is 5. The van der Waals surface area contributed by atoms with E-state index in [0.717, 1.165) is 23.1 Å². The number of halogens is 1. The molecule has 0 atom stereocenters. The largest absolute Gasteiger partial charge is 0.377 e. The van der Waals surface area contributed by atoms with E-state index in [9.17, 15) is 4.79 Å². The molecule has 0 fully saturated rings. The standard InChI is InChI=1S/C14H21BrN2O2/c1-14(2,3)6-7-19-9-11-5-4-10(8-12(11)15)13(18)17-16/h4-5,8H,6-7,9,16H2,1-3H3,(H,17,18). The molecule has 1 amide bonds. The molecular formula is C14H21BrN2O2. The van der Waals surface area contributed by atoms with Gasteiger partial charge in [0.2, 0.25) is 0 Å². The van der Waals surface area contributed by atoms with Crippen LogP contribution in [0.4, 0.5) is 0 Å². The average Bonchev–Trinajstić information content (AvgIpc) is 2.33. The Morgan fingerprint density at radius 1 is 1.42 bits per heavy atom. The van der Waals surface area contributed by atoms with Gasteiger partial charge in [0.1, 0.15) is 0 Å². The first-order chi connectivity index (χ1) is 8.83. The van der Waals surface area contributed by atoms with E-state index >= 15 is 0 Å². The molecule has 0 saturated heterocycles. The topological polar surface area (TPSA) is 64.3 Å². The molecule has 1 aromatic rings. The maximum atomic E-state index is 11.4. The van der Waals surface area contributed by atoms with Crippen LogP contribution in [0.5, 0.6) is 0 Å². The Morgan fingerprint density at radius 2 is 2.11 bits per heavy atom. The lowest BCUT2D eigenvalue weighted by atomic mass is 9.93. The first kappa shape index (κ1) is 16.1. The predicted molar refractivity (Wildman–Crippen MR) is 79.5 cm³/mol. The second-order valence-electron chi connectivity index (χ2n) is 5.64. The van der Waals surface area contributed by atoms with Crippen molar-refractivity contribution < 1.29 is 9.53 Å². The minimum atomic E-state index is -0.305. The Hall–Kier alpha value is -0.910. The average molecular weight is 329 g/mol. The van der Waals surface area contributed by atoms with Crippen LogP contribution < -0.4 is 11.3 Å². The predicted octanol–water partition coefficient (Wildman–Crippen LogP) is 3.01. The molecular weight excluding hydrogens is 308 g/mol. The van der Waals surface area contributed by atoms with Gasteiger partial charge in [-0.25, -0.2) is 5.84 Å². The second kappa shape index (κ2) is 7.03. The molecule has 0 bridgehead atoms. The summed E-state index contributed by atoms with van der Waals surface area (Å²) in [5.41, 5.74) is 3.92. The molecule has 0 aliphatic rings. The molecule has 19 heavy (non-hydrogen) atoms. The van der Waals surface area contributed by atoms with Gasteiger partial charge < -0.3 is 4.74 Å². The number of carbonyl (C=O) groups is 1. The number of benzene rings is 1. The third kappa shape index (κ3) is 5.72. The summed E-state index contributed by atoms with van der Waals surface area (Å²) < 4.78 is 6.50. The molecule has 106 valence electrons. The molecule has 1 rings (SSSR count). The number of hydrogen-bond acceptors (Lipinski definition) is 3. The highest BCUT2D eigenvalue weighted by molar-refractivity contribution is 9.10. The van der Waals surface area contributed by atoms with E-state index in [1.807, 2.05) is 6.07 Å². The molecule has 0 spiro atoms. The van der Waals surface area contributed by atoms with Crippen molar-refractivity contribution in [3.63, 3.8) is 0 Å². The van der Waals surface area contributed by atoms with E-state index in [-0.39, 0.29) is 11.3 Å². The number of carbonyl (C=O) groups excluding carboxylic acids is 1. The maximum absolute atomic E-state index is 11.4. The van der Waals surface area contributed by atoms with Crippen molar-refractivity contribution in [2.45, 2.75) is 33.8 Å². The van der Waals surface area contributed by atoms with Gasteiger partial charge >= 0.3 is 0 Å². The van der Waals surface area contributed by atoms with Gasteiger partial charge in [-0.1, -0.05) is 42.8 Å². The third-order valence-electron chi connectivity index (χ3n) is 2.70. The monoisotopic (exact) mass is 328 g/mol. The molecule has 0 unspecified atom stereocenters. The van der Waals surface area contributed by atoms with E-state index in [4.69, 9.17) is 10.6 Å². The first-order valence-corrected chi connectivity index (χ1v) is 7.00. The van der Waals surface area contributed by atoms with E-state index in [1.165, 1.54) is 0 Å². The number of nitrogen functional groups attached to an aromatic ring is 1. The maximum Gasteiger partial charge on any atom is 0.265 e. The van der Waals surface area contributed by atoms with Crippen molar-refractivity contribution in [3.05, 3.63) is 33.8 Å². The number of hydrazine groups is 1. The Kier molecular flexibility index (Phi) is 5.97. The molecule has 0 aliphatic carbocycles. The van der Waals surface area contributed by atoms with Crippen LogP contribution in [-0.2, 0) is 11.3 Å². The first-order valence-electron chi connectivity index (χ1n) is 6.20. The van der Waals surface area contributed by atoms with Crippen LogP contribution in [-0.4, -0.2) is 12.5 Å². The molecule has 5 heteroatoms. The number of ether oxygens (including phenoxy) is 1. The van der Waals surface area contributed by atoms with E-state index < -0.39 is 0 Å². The van der Waals surface area contributed by atoms with E-state index in [1.54, 1.807) is 12.1 Å². The highest BCUT2D eigenvalue weighted by Crippen LogP contribution is 2.21. The Balaban J connectivity index is 2.54. The molecule has 1 aromatic carbocycles. The van der Waals surface area contributed by atoms with Crippen molar-refractivity contribution in [2.75, 3.05) is 6.61 Å². The molecule has 0 aromatic heterocycles. The molecule has 4 nitrogen and oxygen atoms in total. The van der Waals surface area contributed by atoms with Gasteiger partial charge in [0.15, 0.2) is 0 Å². The summed E-state index contributed by atoms with van der Waals surface area (Å²) in [7, 11) is 0. The smallest absolute Gasteiger partial charge is 0.265 e. The van der Waals surface area contributed by atoms with Crippen LogP contribution in [0.2, 0.25) is 0 Å². The summed E-state index contributed by atoms with van der Waals surface area (Å²) in [5.74, 6) is 4.79. The van der Waals surface area contributed by atoms with Gasteiger partial charge in [-0.2, -0.15) is 0 Å². The molecule has 3 N–H and O–H groups in total.